The number of hydrogen-bond donors (Lipinski definition) is 0. The smallest absolute Gasteiger partial charge is 0.219 e. The second-order valence-corrected chi connectivity index (χ2v) is 6.35. The van der Waals surface area contributed by atoms with E-state index in [4.69, 9.17) is 0 Å². The van der Waals surface area contributed by atoms with Gasteiger partial charge in [-0.05, 0) is 22.4 Å². The van der Waals surface area contributed by atoms with Crippen LogP contribution in [0, 0.1) is 0 Å². The maximum absolute atomic E-state index is 12.2. The Bertz CT molecular complexity index is 641. The van der Waals surface area contributed by atoms with Crippen LogP contribution in [0.25, 0.3) is 10.1 Å². The van der Waals surface area contributed by atoms with E-state index in [1.807, 2.05) is 0 Å². The second-order valence-electron chi connectivity index (χ2n) is 3.46. The minimum absolute atomic E-state index is 0.197. The molecule has 1 heterocycles. The molecule has 7 heteroatoms. The lowest BCUT2D eigenvalue weighted by Crippen LogP contribution is -2.24. The number of benzene rings is 1. The van der Waals surface area contributed by atoms with Crippen molar-refractivity contribution in [1.82, 2.24) is 0 Å². The van der Waals surface area contributed by atoms with E-state index in [1.165, 1.54) is 16.7 Å². The third kappa shape index (κ3) is 2.30. The molecule has 0 saturated heterocycles. The first-order chi connectivity index (χ1) is 7.81. The Hall–Kier alpha value is -1.08. The van der Waals surface area contributed by atoms with Crippen LogP contribution in [0.2, 0.25) is 0 Å². The van der Waals surface area contributed by atoms with Crippen molar-refractivity contribution in [3.05, 3.63) is 35.2 Å². The molecule has 0 amide bonds. The fourth-order valence-corrected chi connectivity index (χ4v) is 3.31. The van der Waals surface area contributed by atoms with E-state index in [0.29, 0.717) is 5.39 Å². The average Bonchev–Trinajstić information content (AvgIpc) is 2.60. The van der Waals surface area contributed by atoms with Crippen molar-refractivity contribution in [2.75, 3.05) is 0 Å². The summed E-state index contributed by atoms with van der Waals surface area (Å²) in [6.07, 6.45) is 0. The molecule has 0 aliphatic heterocycles. The molecule has 1 aromatic heterocycles. The Labute approximate surface area is 99.6 Å². The van der Waals surface area contributed by atoms with Crippen molar-refractivity contribution in [2.24, 2.45) is 0 Å². The molecule has 0 aliphatic rings. The first-order valence-electron chi connectivity index (χ1n) is 4.55. The number of fused-ring (bicyclic) bond motifs is 1. The van der Waals surface area contributed by atoms with Gasteiger partial charge in [0, 0.05) is 4.70 Å². The summed E-state index contributed by atoms with van der Waals surface area (Å²) in [5, 5.41) is 2.01. The molecule has 17 heavy (non-hydrogen) atoms. The largest absolute Gasteiger partial charge is 0.497 e. The van der Waals surface area contributed by atoms with Crippen LogP contribution < -0.4 is 0 Å². The van der Waals surface area contributed by atoms with Crippen LogP contribution in [0.3, 0.4) is 0 Å². The molecule has 0 bridgehead atoms. The van der Waals surface area contributed by atoms with E-state index in [2.05, 4.69) is 0 Å². The molecule has 0 fully saturated rings. The Kier molecular flexibility index (Phi) is 2.90. The number of alkyl halides is 3. The summed E-state index contributed by atoms with van der Waals surface area (Å²) in [4.78, 5) is 0. The SMILES string of the molecule is O=S(=O)(Cc1csc2ccccc12)C(F)(F)F. The third-order valence-corrected chi connectivity index (χ3v) is 4.67. The quantitative estimate of drug-likeness (QED) is 0.845. The lowest BCUT2D eigenvalue weighted by molar-refractivity contribution is -0.0437. The molecule has 0 aliphatic carbocycles. The highest BCUT2D eigenvalue weighted by Crippen LogP contribution is 2.32. The zero-order valence-corrected chi connectivity index (χ0v) is 9.99. The van der Waals surface area contributed by atoms with Gasteiger partial charge in [0.25, 0.3) is 9.84 Å². The Morgan fingerprint density at radius 2 is 1.82 bits per heavy atom. The molecule has 0 atom stereocenters. The lowest BCUT2D eigenvalue weighted by atomic mass is 10.2. The van der Waals surface area contributed by atoms with E-state index in [-0.39, 0.29) is 5.56 Å². The zero-order chi connectivity index (χ0) is 12.7. The number of rotatable bonds is 2. The molecule has 2 rings (SSSR count). The summed E-state index contributed by atoms with van der Waals surface area (Å²) in [7, 11) is -5.11. The topological polar surface area (TPSA) is 34.1 Å². The fraction of sp³-hybridized carbons (Fsp3) is 0.200. The van der Waals surface area contributed by atoms with Gasteiger partial charge in [-0.3, -0.25) is 0 Å². The minimum Gasteiger partial charge on any atom is -0.219 e. The van der Waals surface area contributed by atoms with E-state index >= 15 is 0 Å². The summed E-state index contributed by atoms with van der Waals surface area (Å²) in [6.45, 7) is 0. The molecular formula is C10H7F3O2S2. The van der Waals surface area contributed by atoms with Crippen LogP contribution in [-0.4, -0.2) is 13.9 Å². The van der Waals surface area contributed by atoms with Gasteiger partial charge in [-0.1, -0.05) is 18.2 Å². The van der Waals surface area contributed by atoms with E-state index in [9.17, 15) is 21.6 Å². The van der Waals surface area contributed by atoms with Gasteiger partial charge in [0.1, 0.15) is 0 Å². The molecule has 2 aromatic rings. The molecule has 0 unspecified atom stereocenters. The number of thiophene rings is 1. The van der Waals surface area contributed by atoms with E-state index < -0.39 is 21.1 Å². The van der Waals surface area contributed by atoms with Gasteiger partial charge in [-0.2, -0.15) is 13.2 Å². The minimum atomic E-state index is -5.20. The normalized spacial score (nSPS) is 13.1. The van der Waals surface area contributed by atoms with Gasteiger partial charge < -0.3 is 0 Å². The molecule has 2 nitrogen and oxygen atoms in total. The first-order valence-corrected chi connectivity index (χ1v) is 7.08. The monoisotopic (exact) mass is 280 g/mol. The predicted octanol–water partition coefficient (Wildman–Crippen LogP) is 3.34. The Balaban J connectivity index is 2.44. The summed E-state index contributed by atoms with van der Waals surface area (Å²) >= 11 is 1.23. The van der Waals surface area contributed by atoms with E-state index in [0.717, 1.165) is 4.70 Å². The Morgan fingerprint density at radius 1 is 1.18 bits per heavy atom. The summed E-state index contributed by atoms with van der Waals surface area (Å²) in [5.41, 5.74) is -5.00. The number of hydrogen-bond acceptors (Lipinski definition) is 3. The van der Waals surface area contributed by atoms with Gasteiger partial charge in [0.05, 0.1) is 5.75 Å². The summed E-state index contributed by atoms with van der Waals surface area (Å²) in [6, 6.07) is 6.77. The van der Waals surface area contributed by atoms with Crippen LogP contribution in [0.5, 0.6) is 0 Å². The maximum atomic E-state index is 12.2. The van der Waals surface area contributed by atoms with Crippen LogP contribution >= 0.6 is 11.3 Å². The highest BCUT2D eigenvalue weighted by molar-refractivity contribution is 7.91. The second kappa shape index (κ2) is 3.99. The summed E-state index contributed by atoms with van der Waals surface area (Å²) < 4.78 is 59.6. The molecule has 0 spiro atoms. The number of sulfone groups is 1. The van der Waals surface area contributed by atoms with Gasteiger partial charge in [-0.15, -0.1) is 11.3 Å². The van der Waals surface area contributed by atoms with Crippen LogP contribution in [0.1, 0.15) is 5.56 Å². The third-order valence-electron chi connectivity index (χ3n) is 2.26. The van der Waals surface area contributed by atoms with Gasteiger partial charge in [0.2, 0.25) is 0 Å². The highest BCUT2D eigenvalue weighted by Gasteiger charge is 2.45. The highest BCUT2D eigenvalue weighted by atomic mass is 32.2. The molecule has 0 radical (unpaired) electrons. The van der Waals surface area contributed by atoms with Crippen molar-refractivity contribution in [2.45, 2.75) is 11.3 Å². The van der Waals surface area contributed by atoms with Gasteiger partial charge >= 0.3 is 5.51 Å². The average molecular weight is 280 g/mol. The standard InChI is InChI=1S/C10H7F3O2S2/c11-10(12,13)17(14,15)6-7-5-16-9-4-2-1-3-8(7)9/h1-5H,6H2. The van der Waals surface area contributed by atoms with Gasteiger partial charge in [-0.25, -0.2) is 8.42 Å². The molecule has 0 saturated carbocycles. The van der Waals surface area contributed by atoms with Crippen molar-refractivity contribution in [3.8, 4) is 0 Å². The van der Waals surface area contributed by atoms with Gasteiger partial charge in [0.15, 0.2) is 0 Å². The first kappa shape index (κ1) is 12.4. The van der Waals surface area contributed by atoms with Crippen molar-refractivity contribution in [3.63, 3.8) is 0 Å². The number of halogens is 3. The van der Waals surface area contributed by atoms with Crippen molar-refractivity contribution >= 4 is 31.3 Å². The Morgan fingerprint density at radius 3 is 2.47 bits per heavy atom. The molecular weight excluding hydrogens is 273 g/mol. The maximum Gasteiger partial charge on any atom is 0.497 e. The van der Waals surface area contributed by atoms with Crippen molar-refractivity contribution < 1.29 is 21.6 Å². The zero-order valence-electron chi connectivity index (χ0n) is 8.36. The molecule has 1 aromatic carbocycles. The summed E-state index contributed by atoms with van der Waals surface area (Å²) in [5.74, 6) is -0.999. The van der Waals surface area contributed by atoms with Crippen LogP contribution in [-0.2, 0) is 15.6 Å². The lowest BCUT2D eigenvalue weighted by Gasteiger charge is -2.06. The fourth-order valence-electron chi connectivity index (χ4n) is 1.43. The van der Waals surface area contributed by atoms with Crippen LogP contribution in [0.15, 0.2) is 29.6 Å². The molecule has 92 valence electrons. The van der Waals surface area contributed by atoms with Crippen molar-refractivity contribution in [1.29, 1.82) is 0 Å². The van der Waals surface area contributed by atoms with Crippen LogP contribution in [0.4, 0.5) is 13.2 Å². The molecule has 0 N–H and O–H groups in total. The van der Waals surface area contributed by atoms with E-state index in [1.54, 1.807) is 24.3 Å². The predicted molar refractivity (Wildman–Crippen MR) is 60.5 cm³/mol.